The molecule has 0 bridgehead atoms. The number of methoxy groups -OCH3 is 1. The zero-order chi connectivity index (χ0) is 32.8. The molecule has 11 nitrogen and oxygen atoms in total. The van der Waals surface area contributed by atoms with Crippen LogP contribution in [0.25, 0.3) is 10.9 Å². The first-order valence-corrected chi connectivity index (χ1v) is 15.1. The van der Waals surface area contributed by atoms with Crippen LogP contribution in [0.2, 0.25) is 5.02 Å². The highest BCUT2D eigenvalue weighted by Gasteiger charge is 2.32. The van der Waals surface area contributed by atoms with Crippen molar-refractivity contribution in [3.63, 3.8) is 0 Å². The first-order chi connectivity index (χ1) is 22.2. The third-order valence-corrected chi connectivity index (χ3v) is 7.83. The lowest BCUT2D eigenvalue weighted by molar-refractivity contribution is -0.136. The van der Waals surface area contributed by atoms with Crippen molar-refractivity contribution in [3.8, 4) is 11.5 Å². The molecule has 0 fully saturated rings. The van der Waals surface area contributed by atoms with Gasteiger partial charge in [-0.3, -0.25) is 5.43 Å². The number of benzene rings is 3. The molecule has 3 aromatic carbocycles. The van der Waals surface area contributed by atoms with Crippen molar-refractivity contribution in [1.82, 2.24) is 20.6 Å². The summed E-state index contributed by atoms with van der Waals surface area (Å²) in [7, 11) is 1.28. The van der Waals surface area contributed by atoms with Crippen molar-refractivity contribution < 1.29 is 28.9 Å². The molecule has 1 aromatic heterocycles. The van der Waals surface area contributed by atoms with Gasteiger partial charge in [0.1, 0.15) is 6.61 Å². The minimum atomic E-state index is -1.13. The quantitative estimate of drug-likeness (QED) is 0.0722. The Hall–Kier alpha value is -5.00. The summed E-state index contributed by atoms with van der Waals surface area (Å²) in [5.74, 6) is 0.188. The summed E-state index contributed by atoms with van der Waals surface area (Å²) in [5, 5.41) is 22.0. The zero-order valence-electron chi connectivity index (χ0n) is 26.0. The number of nitrogens with one attached hydrogen (secondary N) is 3. The molecule has 2 heterocycles. The Morgan fingerprint density at radius 3 is 2.67 bits per heavy atom. The Balaban J connectivity index is 1.28. The molecule has 1 aliphatic heterocycles. The van der Waals surface area contributed by atoms with E-state index >= 15 is 0 Å². The van der Waals surface area contributed by atoms with Crippen molar-refractivity contribution in [2.45, 2.75) is 39.6 Å². The van der Waals surface area contributed by atoms with Gasteiger partial charge in [-0.1, -0.05) is 48.0 Å². The van der Waals surface area contributed by atoms with E-state index in [9.17, 15) is 14.7 Å². The molecular weight excluding hydrogens is 610 g/mol. The Morgan fingerprint density at radius 1 is 1.11 bits per heavy atom. The number of nitrogens with zero attached hydrogens (tertiary/aromatic N) is 2. The number of aliphatic hydroxyl groups excluding tert-OH is 1. The van der Waals surface area contributed by atoms with Crippen LogP contribution in [0.3, 0.4) is 0 Å². The molecule has 0 aliphatic carbocycles. The van der Waals surface area contributed by atoms with Gasteiger partial charge >= 0.3 is 12.0 Å². The fourth-order valence-electron chi connectivity index (χ4n) is 5.45. The van der Waals surface area contributed by atoms with Gasteiger partial charge < -0.3 is 34.5 Å². The number of carbonyl (C=O) groups is 2. The topological polar surface area (TPSA) is 135 Å². The molecule has 5 rings (SSSR count). The van der Waals surface area contributed by atoms with Crippen molar-refractivity contribution >= 4 is 40.7 Å². The van der Waals surface area contributed by atoms with Gasteiger partial charge in [-0.25, -0.2) is 9.59 Å². The first kappa shape index (κ1) is 32.4. The van der Waals surface area contributed by atoms with Gasteiger partial charge in [0.05, 0.1) is 31.5 Å². The summed E-state index contributed by atoms with van der Waals surface area (Å²) in [6.45, 7) is 6.34. The number of ether oxygens (including phenoxy) is 3. The van der Waals surface area contributed by atoms with Crippen LogP contribution in [0, 0.1) is 6.92 Å². The number of halogens is 1. The summed E-state index contributed by atoms with van der Waals surface area (Å²) in [6.07, 6.45) is 0.558. The van der Waals surface area contributed by atoms with Crippen LogP contribution in [0.1, 0.15) is 42.3 Å². The van der Waals surface area contributed by atoms with E-state index in [4.69, 9.17) is 25.8 Å². The third kappa shape index (κ3) is 7.11. The number of urea groups is 1. The molecule has 0 spiro atoms. The summed E-state index contributed by atoms with van der Waals surface area (Å²) in [6, 6.07) is 19.7. The third-order valence-electron chi connectivity index (χ3n) is 7.60. The van der Waals surface area contributed by atoms with Crippen LogP contribution < -0.4 is 25.5 Å². The minimum absolute atomic E-state index is 0.136. The summed E-state index contributed by atoms with van der Waals surface area (Å²) in [4.78, 5) is 24.7. The maximum Gasteiger partial charge on any atom is 0.337 e. The normalized spacial score (nSPS) is 15.4. The summed E-state index contributed by atoms with van der Waals surface area (Å²) in [5.41, 5.74) is 8.09. The molecule has 4 aromatic rings. The van der Waals surface area contributed by atoms with Gasteiger partial charge in [-0.15, -0.1) is 0 Å². The summed E-state index contributed by atoms with van der Waals surface area (Å²) >= 11 is 6.22. The molecule has 1 aliphatic rings. The number of para-hydroxylation sites is 1. The predicted molar refractivity (Wildman–Crippen MR) is 176 cm³/mol. The van der Waals surface area contributed by atoms with Crippen molar-refractivity contribution in [3.05, 3.63) is 105 Å². The van der Waals surface area contributed by atoms with Gasteiger partial charge in [-0.2, -0.15) is 5.10 Å². The van der Waals surface area contributed by atoms with Crippen LogP contribution in [0.15, 0.2) is 83.1 Å². The molecule has 4 N–H and O–H groups in total. The number of fused-ring (bicyclic) bond motifs is 1. The lowest BCUT2D eigenvalue weighted by Crippen LogP contribution is -2.45. The predicted octanol–water partition coefficient (Wildman–Crippen LogP) is 5.17. The van der Waals surface area contributed by atoms with Crippen LogP contribution in [-0.2, 0) is 16.1 Å². The molecule has 2 atom stereocenters. The van der Waals surface area contributed by atoms with E-state index in [0.717, 1.165) is 27.7 Å². The Labute approximate surface area is 271 Å². The van der Waals surface area contributed by atoms with Gasteiger partial charge in [0.25, 0.3) is 0 Å². The number of hydrogen-bond donors (Lipinski definition) is 4. The summed E-state index contributed by atoms with van der Waals surface area (Å²) < 4.78 is 18.8. The fraction of sp³-hybridized carbons (Fsp3) is 0.265. The number of amides is 2. The van der Waals surface area contributed by atoms with E-state index in [-0.39, 0.29) is 12.2 Å². The number of allylic oxidation sites excluding steroid dienone is 1. The van der Waals surface area contributed by atoms with Crippen molar-refractivity contribution in [2.24, 2.45) is 5.10 Å². The van der Waals surface area contributed by atoms with Crippen LogP contribution in [0.4, 0.5) is 4.79 Å². The van der Waals surface area contributed by atoms with Crippen molar-refractivity contribution in [1.29, 1.82) is 0 Å². The molecular formula is C34H36ClN5O6. The van der Waals surface area contributed by atoms with E-state index in [1.165, 1.54) is 7.11 Å². The zero-order valence-corrected chi connectivity index (χ0v) is 26.7. The van der Waals surface area contributed by atoms with E-state index in [1.54, 1.807) is 31.3 Å². The Kier molecular flexibility index (Phi) is 10.1. The molecule has 240 valence electrons. The molecule has 0 saturated carbocycles. The monoisotopic (exact) mass is 645 g/mol. The minimum Gasteiger partial charge on any atom is -0.490 e. The molecule has 12 heteroatoms. The van der Waals surface area contributed by atoms with Crippen LogP contribution >= 0.6 is 11.6 Å². The Morgan fingerprint density at radius 2 is 1.91 bits per heavy atom. The number of hydrogen-bond acceptors (Lipinski definition) is 8. The second kappa shape index (κ2) is 14.4. The number of carbonyl (C=O) groups excluding carboxylic acids is 2. The van der Waals surface area contributed by atoms with Crippen molar-refractivity contribution in [2.75, 3.05) is 20.3 Å². The highest BCUT2D eigenvalue weighted by atomic mass is 35.5. The molecule has 46 heavy (non-hydrogen) atoms. The highest BCUT2D eigenvalue weighted by molar-refractivity contribution is 6.30. The molecule has 2 amide bonds. The Bertz CT molecular complexity index is 1820. The smallest absolute Gasteiger partial charge is 0.337 e. The van der Waals surface area contributed by atoms with E-state index in [0.29, 0.717) is 40.9 Å². The number of esters is 1. The lowest BCUT2D eigenvalue weighted by Gasteiger charge is -2.28. The fourth-order valence-corrected chi connectivity index (χ4v) is 5.67. The molecule has 0 unspecified atom stereocenters. The number of aromatic nitrogens is 1. The number of aliphatic hydroxyl groups is 1. The van der Waals surface area contributed by atoms with Gasteiger partial charge in [0.15, 0.2) is 17.7 Å². The van der Waals surface area contributed by atoms with E-state index < -0.39 is 24.3 Å². The largest absolute Gasteiger partial charge is 0.490 e. The van der Waals surface area contributed by atoms with Gasteiger partial charge in [0.2, 0.25) is 0 Å². The number of hydrazone groups is 1. The maximum absolute atomic E-state index is 12.5. The first-order valence-electron chi connectivity index (χ1n) is 14.7. The van der Waals surface area contributed by atoms with Crippen LogP contribution in [-0.4, -0.2) is 54.4 Å². The van der Waals surface area contributed by atoms with E-state index in [2.05, 4.69) is 31.8 Å². The number of rotatable bonds is 12. The average molecular weight is 646 g/mol. The SMILES string of the molecule is CCOc1cc([C@H]2NC(=O)NC(C)=C2C(=O)OC)ccc1OC[C@@H](O)N/N=C/c1c(C)n(Cc2cccc(Cl)c2)c2ccccc12. The van der Waals surface area contributed by atoms with Crippen LogP contribution in [0.5, 0.6) is 11.5 Å². The van der Waals surface area contributed by atoms with Gasteiger partial charge in [-0.05, 0) is 62.2 Å². The lowest BCUT2D eigenvalue weighted by atomic mass is 9.95. The second-order valence-electron chi connectivity index (χ2n) is 10.6. The van der Waals surface area contributed by atoms with Gasteiger partial charge in [0, 0.05) is 39.4 Å². The standard InChI is InChI=1S/C34H36ClN5O6/c1-5-45-29-16-23(32-31(33(42)44-4)20(2)37-34(43)38-32)13-14-28(29)46-19-30(41)39-36-17-26-21(3)40(27-12-7-6-11-25(26)27)18-22-9-8-10-24(35)15-22/h6-17,30,32,39,41H,5,18-19H2,1-4H3,(H2,37,38,43)/b36-17+/t30-,32-/m1/s1. The highest BCUT2D eigenvalue weighted by Crippen LogP contribution is 2.35. The molecule has 0 radical (unpaired) electrons. The second-order valence-corrected chi connectivity index (χ2v) is 11.1. The average Bonchev–Trinajstić information content (AvgIpc) is 3.29. The maximum atomic E-state index is 12.5. The molecule has 0 saturated heterocycles. The van der Waals surface area contributed by atoms with E-state index in [1.807, 2.05) is 56.3 Å².